The number of hydrogen-bond acceptors (Lipinski definition) is 6. The number of nitrogens with one attached hydrogen (secondary N) is 2. The number of hydrogen-bond donors (Lipinski definition) is 2. The Kier molecular flexibility index (Phi) is 5.43. The molecule has 2 aromatic heterocycles. The van der Waals surface area contributed by atoms with Crippen LogP contribution in [0.15, 0.2) is 12.4 Å². The summed E-state index contributed by atoms with van der Waals surface area (Å²) in [7, 11) is 1.75. The van der Waals surface area contributed by atoms with E-state index in [1.165, 1.54) is 0 Å². The molecule has 1 atom stereocenters. The first-order valence-corrected chi connectivity index (χ1v) is 8.94. The summed E-state index contributed by atoms with van der Waals surface area (Å²) in [6, 6.07) is 0.0455. The summed E-state index contributed by atoms with van der Waals surface area (Å²) in [5.74, 6) is -0.124. The van der Waals surface area contributed by atoms with E-state index in [2.05, 4.69) is 25.7 Å². The average Bonchev–Trinajstić information content (AvgIpc) is 2.97. The maximum atomic E-state index is 13.1. The van der Waals surface area contributed by atoms with Crippen LogP contribution in [0.5, 0.6) is 0 Å². The summed E-state index contributed by atoms with van der Waals surface area (Å²) in [6.07, 6.45) is -1.06. The second kappa shape index (κ2) is 7.64. The van der Waals surface area contributed by atoms with Gasteiger partial charge in [-0.2, -0.15) is 23.3 Å². The number of amides is 1. The second-order valence-corrected chi connectivity index (χ2v) is 6.66. The van der Waals surface area contributed by atoms with Crippen molar-refractivity contribution in [2.24, 2.45) is 0 Å². The molecule has 0 aliphatic carbocycles. The fourth-order valence-corrected chi connectivity index (χ4v) is 3.18. The maximum absolute atomic E-state index is 13.1. The zero-order chi connectivity index (χ0) is 20.5. The van der Waals surface area contributed by atoms with E-state index in [-0.39, 0.29) is 23.7 Å². The highest BCUT2D eigenvalue weighted by Crippen LogP contribution is 2.34. The van der Waals surface area contributed by atoms with Crippen molar-refractivity contribution in [3.63, 3.8) is 0 Å². The highest BCUT2D eigenvalue weighted by Gasteiger charge is 2.35. The summed E-state index contributed by atoms with van der Waals surface area (Å²) in [5.41, 5.74) is 0.477. The monoisotopic (exact) mass is 397 g/mol. The minimum atomic E-state index is -4.54. The predicted molar refractivity (Wildman–Crippen MR) is 97.4 cm³/mol. The van der Waals surface area contributed by atoms with Crippen molar-refractivity contribution in [3.8, 4) is 0 Å². The molecule has 11 heteroatoms. The number of carbonyl (C=O) groups is 1. The van der Waals surface area contributed by atoms with E-state index >= 15 is 0 Å². The lowest BCUT2D eigenvalue weighted by molar-refractivity contribution is -0.137. The molecule has 1 fully saturated rings. The summed E-state index contributed by atoms with van der Waals surface area (Å²) >= 11 is 0. The molecule has 2 aromatic rings. The molecule has 0 saturated carbocycles. The topological polar surface area (TPSA) is 88.0 Å². The van der Waals surface area contributed by atoms with Crippen LogP contribution in [-0.2, 0) is 11.0 Å². The van der Waals surface area contributed by atoms with E-state index < -0.39 is 11.7 Å². The Morgan fingerprint density at radius 3 is 2.71 bits per heavy atom. The van der Waals surface area contributed by atoms with E-state index in [1.54, 1.807) is 25.1 Å². The Morgan fingerprint density at radius 1 is 1.32 bits per heavy atom. The van der Waals surface area contributed by atoms with Gasteiger partial charge in [0, 0.05) is 32.8 Å². The number of halogens is 3. The zero-order valence-corrected chi connectivity index (χ0v) is 15.8. The van der Waals surface area contributed by atoms with Crippen LogP contribution in [0.25, 0.3) is 0 Å². The molecule has 2 N–H and O–H groups in total. The predicted octanol–water partition coefficient (Wildman–Crippen LogP) is 2.97. The van der Waals surface area contributed by atoms with Gasteiger partial charge in [-0.15, -0.1) is 0 Å². The second-order valence-electron chi connectivity index (χ2n) is 6.66. The molecule has 0 spiro atoms. The van der Waals surface area contributed by atoms with Gasteiger partial charge < -0.3 is 15.5 Å². The van der Waals surface area contributed by atoms with Gasteiger partial charge in [0.25, 0.3) is 0 Å². The van der Waals surface area contributed by atoms with Crippen LogP contribution in [0.1, 0.15) is 37.1 Å². The van der Waals surface area contributed by atoms with Gasteiger partial charge in [-0.25, -0.2) is 4.98 Å². The van der Waals surface area contributed by atoms with Gasteiger partial charge in [-0.1, -0.05) is 0 Å². The molecule has 1 saturated heterocycles. The van der Waals surface area contributed by atoms with Crippen LogP contribution in [0, 0.1) is 6.92 Å². The Labute approximate surface area is 160 Å². The maximum Gasteiger partial charge on any atom is 0.421 e. The molecule has 1 aliphatic rings. The fourth-order valence-electron chi connectivity index (χ4n) is 3.18. The van der Waals surface area contributed by atoms with Crippen molar-refractivity contribution in [3.05, 3.63) is 23.7 Å². The third-order valence-corrected chi connectivity index (χ3v) is 4.68. The summed E-state index contributed by atoms with van der Waals surface area (Å²) < 4.78 is 41.1. The van der Waals surface area contributed by atoms with Crippen LogP contribution in [0.4, 0.5) is 30.6 Å². The standard InChI is InChI=1S/C17H22F3N7O/c1-4-21-15-12(17(18,19)20)7-22-16(25-15)24-13-8-23-27(10(13)2)11-5-6-14(28)26(3)9-11/h7-8,11H,4-6,9H2,1-3H3,(H2,21,22,24,25). The van der Waals surface area contributed by atoms with Crippen LogP contribution < -0.4 is 10.6 Å². The lowest BCUT2D eigenvalue weighted by Crippen LogP contribution is -2.38. The number of likely N-dealkylation sites (tertiary alicyclic amines) is 1. The number of carbonyl (C=O) groups excluding carboxylic acids is 1. The number of likely N-dealkylation sites (N-methyl/N-ethyl adjacent to an activating group) is 1. The number of piperidine rings is 1. The molecule has 1 amide bonds. The van der Waals surface area contributed by atoms with Crippen LogP contribution in [0.3, 0.4) is 0 Å². The van der Waals surface area contributed by atoms with E-state index in [1.807, 2.05) is 11.6 Å². The van der Waals surface area contributed by atoms with Gasteiger partial charge >= 0.3 is 6.18 Å². The normalized spacial score (nSPS) is 17.7. The summed E-state index contributed by atoms with van der Waals surface area (Å²) in [5, 5.41) is 9.93. The number of aromatic nitrogens is 4. The minimum absolute atomic E-state index is 0.0440. The average molecular weight is 397 g/mol. The zero-order valence-electron chi connectivity index (χ0n) is 15.8. The molecule has 1 unspecified atom stereocenters. The molecule has 28 heavy (non-hydrogen) atoms. The SMILES string of the molecule is CCNc1nc(Nc2cnn(C3CCC(=O)N(C)C3)c2C)ncc1C(F)(F)F. The molecular weight excluding hydrogens is 375 g/mol. The first kappa shape index (κ1) is 19.9. The first-order chi connectivity index (χ1) is 13.2. The smallest absolute Gasteiger partial charge is 0.370 e. The molecule has 1 aliphatic heterocycles. The fraction of sp³-hybridized carbons (Fsp3) is 0.529. The number of alkyl halides is 3. The van der Waals surface area contributed by atoms with Gasteiger partial charge in [0.05, 0.1) is 23.6 Å². The van der Waals surface area contributed by atoms with Crippen LogP contribution >= 0.6 is 0 Å². The lowest BCUT2D eigenvalue weighted by Gasteiger charge is -2.30. The van der Waals surface area contributed by atoms with Crippen molar-refractivity contribution >= 4 is 23.4 Å². The third-order valence-electron chi connectivity index (χ3n) is 4.68. The van der Waals surface area contributed by atoms with Crippen molar-refractivity contribution in [1.82, 2.24) is 24.6 Å². The lowest BCUT2D eigenvalue weighted by atomic mass is 10.1. The number of anilines is 3. The molecule has 8 nitrogen and oxygen atoms in total. The highest BCUT2D eigenvalue weighted by molar-refractivity contribution is 5.76. The van der Waals surface area contributed by atoms with Gasteiger partial charge in [0.2, 0.25) is 11.9 Å². The van der Waals surface area contributed by atoms with Crippen molar-refractivity contribution in [2.45, 2.75) is 38.9 Å². The van der Waals surface area contributed by atoms with Gasteiger partial charge in [-0.05, 0) is 20.3 Å². The molecule has 0 aromatic carbocycles. The molecule has 3 heterocycles. The third kappa shape index (κ3) is 4.02. The van der Waals surface area contributed by atoms with Crippen LogP contribution in [0.2, 0.25) is 0 Å². The molecule has 0 bridgehead atoms. The minimum Gasteiger partial charge on any atom is -0.370 e. The van der Waals surface area contributed by atoms with Crippen molar-refractivity contribution in [2.75, 3.05) is 30.8 Å². The molecule has 0 radical (unpaired) electrons. The first-order valence-electron chi connectivity index (χ1n) is 8.94. The quantitative estimate of drug-likeness (QED) is 0.807. The Hall–Kier alpha value is -2.85. The van der Waals surface area contributed by atoms with Gasteiger partial charge in [0.15, 0.2) is 0 Å². The Balaban J connectivity index is 1.82. The van der Waals surface area contributed by atoms with Gasteiger partial charge in [0.1, 0.15) is 11.4 Å². The largest absolute Gasteiger partial charge is 0.421 e. The van der Waals surface area contributed by atoms with E-state index in [4.69, 9.17) is 0 Å². The van der Waals surface area contributed by atoms with Crippen LogP contribution in [-0.4, -0.2) is 50.7 Å². The van der Waals surface area contributed by atoms with E-state index in [0.29, 0.717) is 31.6 Å². The van der Waals surface area contributed by atoms with E-state index in [0.717, 1.165) is 11.9 Å². The molecule has 3 rings (SSSR count). The van der Waals surface area contributed by atoms with Crippen molar-refractivity contribution < 1.29 is 18.0 Å². The molecular formula is C17H22F3N7O. The Morgan fingerprint density at radius 2 is 2.07 bits per heavy atom. The number of rotatable bonds is 5. The van der Waals surface area contributed by atoms with Crippen molar-refractivity contribution in [1.29, 1.82) is 0 Å². The summed E-state index contributed by atoms with van der Waals surface area (Å²) in [6.45, 7) is 4.39. The number of nitrogens with zero attached hydrogens (tertiary/aromatic N) is 5. The molecule has 152 valence electrons. The highest BCUT2D eigenvalue weighted by atomic mass is 19.4. The Bertz CT molecular complexity index is 865. The van der Waals surface area contributed by atoms with Gasteiger partial charge in [-0.3, -0.25) is 9.48 Å². The van der Waals surface area contributed by atoms with E-state index in [9.17, 15) is 18.0 Å². The summed E-state index contributed by atoms with van der Waals surface area (Å²) in [4.78, 5) is 21.1.